The Morgan fingerprint density at radius 2 is 1.55 bits per heavy atom. The molecular formula is C21H19Cl3N4O. The van der Waals surface area contributed by atoms with Crippen LogP contribution in [0.25, 0.3) is 0 Å². The van der Waals surface area contributed by atoms with Crippen molar-refractivity contribution in [2.75, 3.05) is 36.0 Å². The van der Waals surface area contributed by atoms with Crippen LogP contribution < -0.4 is 15.4 Å². The van der Waals surface area contributed by atoms with E-state index in [1.54, 1.807) is 18.3 Å². The molecule has 0 unspecified atom stereocenters. The monoisotopic (exact) mass is 448 g/mol. The summed E-state index contributed by atoms with van der Waals surface area (Å²) >= 11 is 18.4. The van der Waals surface area contributed by atoms with Gasteiger partial charge in [-0.1, -0.05) is 53.0 Å². The molecule has 2 heterocycles. The molecule has 0 N–H and O–H groups in total. The lowest BCUT2D eigenvalue weighted by Crippen LogP contribution is -2.47. The van der Waals surface area contributed by atoms with Crippen LogP contribution in [0.3, 0.4) is 0 Å². The van der Waals surface area contributed by atoms with Gasteiger partial charge in [0.1, 0.15) is 5.02 Å². The minimum Gasteiger partial charge on any atom is -0.368 e. The second-order valence-electron chi connectivity index (χ2n) is 6.89. The average Bonchev–Trinajstić information content (AvgIpc) is 2.73. The van der Waals surface area contributed by atoms with Crippen molar-refractivity contribution in [1.82, 2.24) is 9.78 Å². The van der Waals surface area contributed by atoms with Crippen LogP contribution in [0, 0.1) is 0 Å². The van der Waals surface area contributed by atoms with Gasteiger partial charge >= 0.3 is 0 Å². The minimum atomic E-state index is -0.295. The molecule has 8 heteroatoms. The molecule has 0 saturated carbocycles. The molecule has 4 rings (SSSR count). The van der Waals surface area contributed by atoms with Gasteiger partial charge in [0, 0.05) is 41.9 Å². The number of hydrogen-bond acceptors (Lipinski definition) is 4. The smallest absolute Gasteiger partial charge is 0.287 e. The number of aromatic nitrogens is 2. The van der Waals surface area contributed by atoms with Crippen molar-refractivity contribution in [1.29, 1.82) is 0 Å². The van der Waals surface area contributed by atoms with Crippen molar-refractivity contribution in [3.8, 4) is 0 Å². The predicted molar refractivity (Wildman–Crippen MR) is 120 cm³/mol. The first-order valence-corrected chi connectivity index (χ1v) is 10.4. The quantitative estimate of drug-likeness (QED) is 0.585. The van der Waals surface area contributed by atoms with Crippen molar-refractivity contribution in [2.45, 2.75) is 6.54 Å². The number of rotatable bonds is 4. The number of halogens is 3. The standard InChI is InChI=1S/C21H19Cl3N4O/c22-16-6-4-15(5-7-16)14-28-21(29)20(24)19(13-25-28)27-10-8-26(9-11-27)18-3-1-2-17(23)12-18/h1-7,12-13H,8-11,14H2. The lowest BCUT2D eigenvalue weighted by molar-refractivity contribution is 0.622. The highest BCUT2D eigenvalue weighted by atomic mass is 35.5. The highest BCUT2D eigenvalue weighted by molar-refractivity contribution is 6.33. The van der Waals surface area contributed by atoms with E-state index >= 15 is 0 Å². The van der Waals surface area contributed by atoms with Crippen LogP contribution in [0.5, 0.6) is 0 Å². The third-order valence-electron chi connectivity index (χ3n) is 5.01. The molecule has 0 aliphatic carbocycles. The molecule has 1 aromatic heterocycles. The van der Waals surface area contributed by atoms with Crippen molar-refractivity contribution >= 4 is 46.2 Å². The summed E-state index contributed by atoms with van der Waals surface area (Å²) < 4.78 is 1.37. The molecule has 150 valence electrons. The van der Waals surface area contributed by atoms with E-state index < -0.39 is 0 Å². The molecular weight excluding hydrogens is 431 g/mol. The summed E-state index contributed by atoms with van der Waals surface area (Å²) in [6, 6.07) is 15.1. The Kier molecular flexibility index (Phi) is 5.99. The van der Waals surface area contributed by atoms with E-state index in [9.17, 15) is 4.79 Å². The van der Waals surface area contributed by atoms with Crippen LogP contribution in [-0.2, 0) is 6.54 Å². The van der Waals surface area contributed by atoms with E-state index in [4.69, 9.17) is 34.8 Å². The van der Waals surface area contributed by atoms with Gasteiger partial charge in [-0.2, -0.15) is 5.10 Å². The van der Waals surface area contributed by atoms with Crippen LogP contribution in [0.1, 0.15) is 5.56 Å². The summed E-state index contributed by atoms with van der Waals surface area (Å²) in [4.78, 5) is 17.1. The summed E-state index contributed by atoms with van der Waals surface area (Å²) in [5.41, 5.74) is 2.41. The van der Waals surface area contributed by atoms with Gasteiger partial charge in [-0.3, -0.25) is 4.79 Å². The Balaban J connectivity index is 1.47. The zero-order valence-corrected chi connectivity index (χ0v) is 17.8. The zero-order valence-electron chi connectivity index (χ0n) is 15.6. The molecule has 29 heavy (non-hydrogen) atoms. The molecule has 1 aliphatic rings. The summed E-state index contributed by atoms with van der Waals surface area (Å²) in [5, 5.41) is 5.91. The fourth-order valence-corrected chi connectivity index (χ4v) is 4.01. The van der Waals surface area contributed by atoms with E-state index in [-0.39, 0.29) is 10.6 Å². The molecule has 0 bridgehead atoms. The Morgan fingerprint density at radius 3 is 2.24 bits per heavy atom. The second-order valence-corrected chi connectivity index (χ2v) is 8.14. The molecule has 2 aromatic carbocycles. The van der Waals surface area contributed by atoms with E-state index in [2.05, 4.69) is 14.9 Å². The number of anilines is 2. The third kappa shape index (κ3) is 4.53. The van der Waals surface area contributed by atoms with Crippen LogP contribution in [0.4, 0.5) is 11.4 Å². The van der Waals surface area contributed by atoms with Gasteiger partial charge in [0.2, 0.25) is 0 Å². The number of piperazine rings is 1. The average molecular weight is 450 g/mol. The Labute approximate surface area is 184 Å². The van der Waals surface area contributed by atoms with Crippen molar-refractivity contribution in [3.63, 3.8) is 0 Å². The molecule has 1 aliphatic heterocycles. The lowest BCUT2D eigenvalue weighted by atomic mass is 10.2. The van der Waals surface area contributed by atoms with E-state index in [0.717, 1.165) is 42.5 Å². The first-order valence-electron chi connectivity index (χ1n) is 9.27. The van der Waals surface area contributed by atoms with Crippen LogP contribution in [0.2, 0.25) is 15.1 Å². The van der Waals surface area contributed by atoms with Crippen molar-refractivity contribution in [3.05, 3.63) is 85.7 Å². The fraction of sp³-hybridized carbons (Fsp3) is 0.238. The molecule has 1 saturated heterocycles. The maximum atomic E-state index is 12.7. The van der Waals surface area contributed by atoms with Gasteiger partial charge in [-0.15, -0.1) is 0 Å². The van der Waals surface area contributed by atoms with Gasteiger partial charge in [0.25, 0.3) is 5.56 Å². The van der Waals surface area contributed by atoms with Crippen LogP contribution in [-0.4, -0.2) is 36.0 Å². The van der Waals surface area contributed by atoms with Crippen molar-refractivity contribution in [2.24, 2.45) is 0 Å². The second kappa shape index (κ2) is 8.66. The maximum Gasteiger partial charge on any atom is 0.287 e. The lowest BCUT2D eigenvalue weighted by Gasteiger charge is -2.37. The van der Waals surface area contributed by atoms with Crippen LogP contribution >= 0.6 is 34.8 Å². The van der Waals surface area contributed by atoms with Crippen molar-refractivity contribution < 1.29 is 0 Å². The molecule has 0 radical (unpaired) electrons. The van der Waals surface area contributed by atoms with Gasteiger partial charge in [0.15, 0.2) is 0 Å². The highest BCUT2D eigenvalue weighted by Crippen LogP contribution is 2.25. The summed E-state index contributed by atoms with van der Waals surface area (Å²) in [6.45, 7) is 3.46. The first kappa shape index (κ1) is 20.1. The number of nitrogens with zero attached hydrogens (tertiary/aromatic N) is 4. The largest absolute Gasteiger partial charge is 0.368 e. The Bertz CT molecular complexity index is 1060. The maximum absolute atomic E-state index is 12.7. The summed E-state index contributed by atoms with van der Waals surface area (Å²) in [6.07, 6.45) is 1.68. The van der Waals surface area contributed by atoms with E-state index in [0.29, 0.717) is 17.3 Å². The first-order chi connectivity index (χ1) is 14.0. The van der Waals surface area contributed by atoms with Gasteiger partial charge in [0.05, 0.1) is 18.4 Å². The summed E-state index contributed by atoms with van der Waals surface area (Å²) in [7, 11) is 0. The van der Waals surface area contributed by atoms with E-state index in [1.165, 1.54) is 4.68 Å². The summed E-state index contributed by atoms with van der Waals surface area (Å²) in [5.74, 6) is 0. The third-order valence-corrected chi connectivity index (χ3v) is 5.85. The highest BCUT2D eigenvalue weighted by Gasteiger charge is 2.21. The predicted octanol–water partition coefficient (Wildman–Crippen LogP) is 4.58. The number of hydrogen-bond donors (Lipinski definition) is 0. The Morgan fingerprint density at radius 1 is 0.862 bits per heavy atom. The van der Waals surface area contributed by atoms with Gasteiger partial charge in [-0.05, 0) is 35.9 Å². The minimum absolute atomic E-state index is 0.199. The molecule has 3 aromatic rings. The van der Waals surface area contributed by atoms with Crippen LogP contribution in [0.15, 0.2) is 59.5 Å². The Hall–Kier alpha value is -2.21. The molecule has 5 nitrogen and oxygen atoms in total. The van der Waals surface area contributed by atoms with E-state index in [1.807, 2.05) is 36.4 Å². The van der Waals surface area contributed by atoms with Gasteiger partial charge in [-0.25, -0.2) is 4.68 Å². The molecule has 0 atom stereocenters. The normalized spacial score (nSPS) is 14.3. The fourth-order valence-electron chi connectivity index (χ4n) is 3.43. The zero-order chi connectivity index (χ0) is 20.4. The molecule has 0 amide bonds. The topological polar surface area (TPSA) is 41.4 Å². The number of benzene rings is 2. The SMILES string of the molecule is O=c1c(Cl)c(N2CCN(c3cccc(Cl)c3)CC2)cnn1Cc1ccc(Cl)cc1. The molecule has 1 fully saturated rings. The molecule has 0 spiro atoms. The van der Waals surface area contributed by atoms with Gasteiger partial charge < -0.3 is 9.80 Å².